The molecule has 0 N–H and O–H groups in total. The SMILES string of the molecule is Cc1cc(C)cc(C(P)CCCCC2CCCCC2)c1. The van der Waals surface area contributed by atoms with Crippen LogP contribution in [-0.4, -0.2) is 0 Å². The third-order valence-electron chi connectivity index (χ3n) is 4.77. The lowest BCUT2D eigenvalue weighted by Crippen LogP contribution is -2.05. The second-order valence-electron chi connectivity index (χ2n) is 6.82. The van der Waals surface area contributed by atoms with Crippen LogP contribution in [0.15, 0.2) is 18.2 Å². The summed E-state index contributed by atoms with van der Waals surface area (Å²) >= 11 is 0. The number of rotatable bonds is 6. The summed E-state index contributed by atoms with van der Waals surface area (Å²) in [5.74, 6) is 1.05. The number of unbranched alkanes of at least 4 members (excludes halogenated alkanes) is 1. The van der Waals surface area contributed by atoms with Crippen LogP contribution < -0.4 is 0 Å². The lowest BCUT2D eigenvalue weighted by molar-refractivity contribution is 0.328. The Morgan fingerprint density at radius 3 is 2.30 bits per heavy atom. The van der Waals surface area contributed by atoms with Crippen molar-refractivity contribution in [3.8, 4) is 0 Å². The summed E-state index contributed by atoms with van der Waals surface area (Å²) in [6.45, 7) is 4.41. The van der Waals surface area contributed by atoms with Gasteiger partial charge >= 0.3 is 0 Å². The van der Waals surface area contributed by atoms with Crippen molar-refractivity contribution in [2.75, 3.05) is 0 Å². The van der Waals surface area contributed by atoms with E-state index in [1.165, 1.54) is 74.5 Å². The fourth-order valence-corrected chi connectivity index (χ4v) is 4.09. The van der Waals surface area contributed by atoms with Crippen LogP contribution >= 0.6 is 9.24 Å². The molecule has 0 radical (unpaired) electrons. The minimum atomic E-state index is 0.639. The summed E-state index contributed by atoms with van der Waals surface area (Å²) < 4.78 is 0. The van der Waals surface area contributed by atoms with Gasteiger partial charge in [0.1, 0.15) is 0 Å². The van der Waals surface area contributed by atoms with E-state index in [9.17, 15) is 0 Å². The van der Waals surface area contributed by atoms with E-state index < -0.39 is 0 Å². The van der Waals surface area contributed by atoms with Gasteiger partial charge in [-0.05, 0) is 37.4 Å². The molecule has 0 amide bonds. The lowest BCUT2D eigenvalue weighted by atomic mass is 9.85. The van der Waals surface area contributed by atoms with Gasteiger partial charge in [0.25, 0.3) is 0 Å². The first-order valence-corrected chi connectivity index (χ1v) is 9.15. The molecular formula is C19H31P. The molecule has 1 aromatic carbocycles. The van der Waals surface area contributed by atoms with E-state index in [-0.39, 0.29) is 0 Å². The van der Waals surface area contributed by atoms with Gasteiger partial charge in [0.05, 0.1) is 0 Å². The molecule has 0 aliphatic heterocycles. The molecule has 0 aromatic heterocycles. The molecule has 1 aliphatic carbocycles. The normalized spacial score (nSPS) is 18.1. The average Bonchev–Trinajstić information content (AvgIpc) is 2.43. The Kier molecular flexibility index (Phi) is 6.56. The smallest absolute Gasteiger partial charge is 0.00144 e. The van der Waals surface area contributed by atoms with E-state index in [4.69, 9.17) is 0 Å². The molecule has 1 aromatic rings. The molecule has 1 aliphatic rings. The third-order valence-corrected chi connectivity index (χ3v) is 5.49. The number of benzene rings is 1. The van der Waals surface area contributed by atoms with Crippen LogP contribution in [0.1, 0.15) is 80.1 Å². The van der Waals surface area contributed by atoms with Crippen molar-refractivity contribution in [2.45, 2.75) is 77.3 Å². The van der Waals surface area contributed by atoms with Crippen LogP contribution in [0.5, 0.6) is 0 Å². The van der Waals surface area contributed by atoms with Crippen LogP contribution in [-0.2, 0) is 0 Å². The second-order valence-corrected chi connectivity index (χ2v) is 7.62. The van der Waals surface area contributed by atoms with Crippen LogP contribution in [0.4, 0.5) is 0 Å². The summed E-state index contributed by atoms with van der Waals surface area (Å²) in [7, 11) is 3.06. The molecule has 0 bridgehead atoms. The minimum absolute atomic E-state index is 0.639. The van der Waals surface area contributed by atoms with E-state index in [1.54, 1.807) is 0 Å². The fourth-order valence-electron chi connectivity index (χ4n) is 3.66. The van der Waals surface area contributed by atoms with E-state index in [0.29, 0.717) is 5.66 Å². The predicted molar refractivity (Wildman–Crippen MR) is 93.4 cm³/mol. The standard InChI is InChI=1S/C19H31P/c1-15-12-16(2)14-18(13-15)19(20)11-7-6-10-17-8-4-3-5-9-17/h12-14,17,19H,3-11,20H2,1-2H3. The molecule has 2 atom stereocenters. The second kappa shape index (κ2) is 8.18. The highest BCUT2D eigenvalue weighted by molar-refractivity contribution is 7.17. The molecule has 1 saturated carbocycles. The van der Waals surface area contributed by atoms with Gasteiger partial charge in [-0.15, -0.1) is 9.24 Å². The number of hydrogen-bond donors (Lipinski definition) is 0. The summed E-state index contributed by atoms with van der Waals surface area (Å²) in [6, 6.07) is 6.97. The molecule has 2 unspecified atom stereocenters. The van der Waals surface area contributed by atoms with Gasteiger partial charge in [-0.3, -0.25) is 0 Å². The summed E-state index contributed by atoms with van der Waals surface area (Å²) in [5, 5.41) is 0. The van der Waals surface area contributed by atoms with Gasteiger partial charge in [-0.25, -0.2) is 0 Å². The summed E-state index contributed by atoms with van der Waals surface area (Å²) in [4.78, 5) is 0. The Bertz CT molecular complexity index is 384. The molecule has 0 saturated heterocycles. The first kappa shape index (κ1) is 16.0. The Morgan fingerprint density at radius 1 is 1.00 bits per heavy atom. The highest BCUT2D eigenvalue weighted by atomic mass is 31.0. The highest BCUT2D eigenvalue weighted by Crippen LogP contribution is 2.32. The van der Waals surface area contributed by atoms with E-state index in [1.807, 2.05) is 0 Å². The topological polar surface area (TPSA) is 0 Å². The average molecular weight is 290 g/mol. The molecule has 20 heavy (non-hydrogen) atoms. The molecule has 1 heteroatoms. The maximum absolute atomic E-state index is 3.06. The first-order valence-electron chi connectivity index (χ1n) is 8.49. The maximum atomic E-state index is 3.06. The lowest BCUT2D eigenvalue weighted by Gasteiger charge is -2.21. The molecular weight excluding hydrogens is 259 g/mol. The van der Waals surface area contributed by atoms with Crippen molar-refractivity contribution >= 4 is 9.24 Å². The Balaban J connectivity index is 1.70. The molecule has 2 rings (SSSR count). The number of aryl methyl sites for hydroxylation is 2. The minimum Gasteiger partial charge on any atom is -0.130 e. The Hall–Kier alpha value is -0.350. The monoisotopic (exact) mass is 290 g/mol. The third kappa shape index (κ3) is 5.21. The van der Waals surface area contributed by atoms with Crippen LogP contribution in [0, 0.1) is 19.8 Å². The van der Waals surface area contributed by atoms with Crippen LogP contribution in [0.25, 0.3) is 0 Å². The van der Waals surface area contributed by atoms with Gasteiger partial charge in [0, 0.05) is 0 Å². The van der Waals surface area contributed by atoms with E-state index >= 15 is 0 Å². The summed E-state index contributed by atoms with van der Waals surface area (Å²) in [5.41, 5.74) is 4.94. The number of hydrogen-bond acceptors (Lipinski definition) is 0. The quantitative estimate of drug-likeness (QED) is 0.422. The van der Waals surface area contributed by atoms with Gasteiger partial charge < -0.3 is 0 Å². The zero-order valence-electron chi connectivity index (χ0n) is 13.3. The molecule has 0 spiro atoms. The molecule has 1 fully saturated rings. The van der Waals surface area contributed by atoms with E-state index in [0.717, 1.165) is 5.92 Å². The van der Waals surface area contributed by atoms with Crippen LogP contribution in [0.2, 0.25) is 0 Å². The zero-order chi connectivity index (χ0) is 14.4. The highest BCUT2D eigenvalue weighted by Gasteiger charge is 2.13. The maximum Gasteiger partial charge on any atom is -0.00144 e. The Morgan fingerprint density at radius 2 is 1.65 bits per heavy atom. The molecule has 0 heterocycles. The van der Waals surface area contributed by atoms with Crippen molar-refractivity contribution in [1.29, 1.82) is 0 Å². The summed E-state index contributed by atoms with van der Waals surface area (Å²) in [6.07, 6.45) is 13.1. The molecule has 112 valence electrons. The van der Waals surface area contributed by atoms with Gasteiger partial charge in [-0.2, -0.15) is 0 Å². The van der Waals surface area contributed by atoms with Gasteiger partial charge in [0.15, 0.2) is 0 Å². The Labute approximate surface area is 127 Å². The fraction of sp³-hybridized carbons (Fsp3) is 0.684. The first-order chi connectivity index (χ1) is 9.65. The van der Waals surface area contributed by atoms with Gasteiger partial charge in [-0.1, -0.05) is 80.7 Å². The molecule has 0 nitrogen and oxygen atoms in total. The predicted octanol–water partition coefficient (Wildman–Crippen LogP) is 6.36. The van der Waals surface area contributed by atoms with E-state index in [2.05, 4.69) is 41.3 Å². The van der Waals surface area contributed by atoms with Crippen molar-refractivity contribution in [1.82, 2.24) is 0 Å². The van der Waals surface area contributed by atoms with Crippen molar-refractivity contribution in [2.24, 2.45) is 5.92 Å². The zero-order valence-corrected chi connectivity index (χ0v) is 14.5. The largest absolute Gasteiger partial charge is 0.130 e. The van der Waals surface area contributed by atoms with Gasteiger partial charge in [0.2, 0.25) is 0 Å². The van der Waals surface area contributed by atoms with Crippen molar-refractivity contribution in [3.63, 3.8) is 0 Å². The van der Waals surface area contributed by atoms with Crippen molar-refractivity contribution in [3.05, 3.63) is 34.9 Å². The van der Waals surface area contributed by atoms with Crippen LogP contribution in [0.3, 0.4) is 0 Å². The van der Waals surface area contributed by atoms with Crippen molar-refractivity contribution < 1.29 is 0 Å².